The molecule has 0 spiro atoms. The molecule has 0 amide bonds. The zero-order valence-electron chi connectivity index (χ0n) is 14.9. The highest BCUT2D eigenvalue weighted by Crippen LogP contribution is 2.25. The number of nitrogens with one attached hydrogen (secondary N) is 2. The van der Waals surface area contributed by atoms with Gasteiger partial charge >= 0.3 is 5.97 Å². The number of carbonyl (C=O) groups excluding carboxylic acids is 1. The Morgan fingerprint density at radius 3 is 1.67 bits per heavy atom. The van der Waals surface area contributed by atoms with Crippen molar-refractivity contribution in [3.05, 3.63) is 59.7 Å². The first-order valence-electron chi connectivity index (χ1n) is 7.96. The van der Waals surface area contributed by atoms with E-state index in [1.165, 1.54) is 5.56 Å². The average Bonchev–Trinajstić information content (AvgIpc) is 3.19. The van der Waals surface area contributed by atoms with Crippen molar-refractivity contribution >= 4 is 62.5 Å². The van der Waals surface area contributed by atoms with Crippen LogP contribution < -0.4 is 10.6 Å². The highest BCUT2D eigenvalue weighted by atomic mass is 35.5. The standard InChI is InChI=1S/C10H11NO.C9H9NO2.ClH.2H2S/c1-7(12)10-6-8-4-2-3-5-9(8)11-10;11-9(12)8-5-6-3-1-2-4-7(6)10-8;;;/h2-5,10-11H,6H2,1H3;1-4,8,10H,5H2,(H,11,12);1H;2*1H2/t10-;8-;;;/m00.../s1. The summed E-state index contributed by atoms with van der Waals surface area (Å²) in [5, 5.41) is 14.8. The monoisotopic (exact) mass is 428 g/mol. The predicted octanol–water partition coefficient (Wildman–Crippen LogP) is 3.37. The number of Topliss-reactive ketones (excluding diaryl/α,β-unsaturated/α-hetero) is 1. The first kappa shape index (κ1) is 25.2. The van der Waals surface area contributed by atoms with Crippen LogP contribution in [-0.2, 0) is 22.4 Å². The van der Waals surface area contributed by atoms with Gasteiger partial charge in [0.1, 0.15) is 6.04 Å². The maximum absolute atomic E-state index is 11.1. The summed E-state index contributed by atoms with van der Waals surface area (Å²) in [6.07, 6.45) is 1.43. The normalized spacial score (nSPS) is 17.7. The van der Waals surface area contributed by atoms with Crippen molar-refractivity contribution < 1.29 is 14.7 Å². The second-order valence-corrected chi connectivity index (χ2v) is 6.07. The molecule has 8 heteroatoms. The highest BCUT2D eigenvalue weighted by molar-refractivity contribution is 7.59. The third kappa shape index (κ3) is 6.09. The number of carboxylic acids is 1. The topological polar surface area (TPSA) is 78.4 Å². The zero-order valence-corrected chi connectivity index (χ0v) is 17.7. The molecular formula is C19H25ClN2O3S2. The molecule has 0 aliphatic carbocycles. The molecule has 0 radical (unpaired) electrons. The lowest BCUT2D eigenvalue weighted by molar-refractivity contribution is -0.137. The Morgan fingerprint density at radius 2 is 1.26 bits per heavy atom. The summed E-state index contributed by atoms with van der Waals surface area (Å²) in [5.74, 6) is -0.572. The minimum Gasteiger partial charge on any atom is -0.480 e. The van der Waals surface area contributed by atoms with Gasteiger partial charge in [0.25, 0.3) is 0 Å². The summed E-state index contributed by atoms with van der Waals surface area (Å²) in [6, 6.07) is 15.3. The summed E-state index contributed by atoms with van der Waals surface area (Å²) in [7, 11) is 0. The predicted molar refractivity (Wildman–Crippen MR) is 121 cm³/mol. The van der Waals surface area contributed by atoms with Crippen LogP contribution in [0, 0.1) is 0 Å². The number of carboxylic acid groups (broad SMARTS) is 1. The van der Waals surface area contributed by atoms with E-state index in [1.807, 2.05) is 42.5 Å². The molecule has 2 atom stereocenters. The number of ketones is 1. The number of carbonyl (C=O) groups is 2. The van der Waals surface area contributed by atoms with Gasteiger partial charge in [-0.3, -0.25) is 4.79 Å². The molecular weight excluding hydrogens is 404 g/mol. The first-order chi connectivity index (χ1) is 11.5. The fourth-order valence-electron chi connectivity index (χ4n) is 2.99. The Balaban J connectivity index is 0.000000451. The number of aliphatic carboxylic acids is 1. The summed E-state index contributed by atoms with van der Waals surface area (Å²) in [6.45, 7) is 1.63. The fraction of sp³-hybridized carbons (Fsp3) is 0.263. The van der Waals surface area contributed by atoms with Gasteiger partial charge in [0.15, 0.2) is 5.78 Å². The molecule has 2 aliphatic heterocycles. The maximum Gasteiger partial charge on any atom is 0.326 e. The van der Waals surface area contributed by atoms with E-state index in [9.17, 15) is 9.59 Å². The van der Waals surface area contributed by atoms with Crippen molar-refractivity contribution in [2.45, 2.75) is 31.8 Å². The minimum absolute atomic E-state index is 0. The molecule has 4 rings (SSSR count). The van der Waals surface area contributed by atoms with Gasteiger partial charge in [-0.15, -0.1) is 12.4 Å². The molecule has 5 nitrogen and oxygen atoms in total. The van der Waals surface area contributed by atoms with Gasteiger partial charge < -0.3 is 15.7 Å². The molecule has 27 heavy (non-hydrogen) atoms. The van der Waals surface area contributed by atoms with Crippen molar-refractivity contribution in [2.24, 2.45) is 0 Å². The van der Waals surface area contributed by atoms with E-state index < -0.39 is 12.0 Å². The van der Waals surface area contributed by atoms with Gasteiger partial charge in [-0.25, -0.2) is 4.79 Å². The van der Waals surface area contributed by atoms with Crippen LogP contribution in [0.1, 0.15) is 18.1 Å². The average molecular weight is 429 g/mol. The van der Waals surface area contributed by atoms with Gasteiger partial charge in [-0.1, -0.05) is 36.4 Å². The van der Waals surface area contributed by atoms with Gasteiger partial charge in [0, 0.05) is 24.2 Å². The number of rotatable bonds is 2. The number of benzene rings is 2. The lowest BCUT2D eigenvalue weighted by atomic mass is 10.1. The maximum atomic E-state index is 11.1. The zero-order chi connectivity index (χ0) is 17.1. The van der Waals surface area contributed by atoms with E-state index >= 15 is 0 Å². The Morgan fingerprint density at radius 1 is 0.852 bits per heavy atom. The molecule has 0 saturated carbocycles. The second kappa shape index (κ2) is 11.1. The second-order valence-electron chi connectivity index (χ2n) is 6.07. The number of anilines is 2. The van der Waals surface area contributed by atoms with Crippen molar-refractivity contribution in [2.75, 3.05) is 10.6 Å². The SMILES string of the molecule is CC(=O)[C@@H]1Cc2ccccc2N1.Cl.O=C(O)[C@@H]1Cc2ccccc2N1.S.S. The molecule has 0 saturated heterocycles. The summed E-state index contributed by atoms with van der Waals surface area (Å²) in [5.41, 5.74) is 4.39. The number of hydrogen-bond donors (Lipinski definition) is 3. The van der Waals surface area contributed by atoms with E-state index in [0.29, 0.717) is 6.42 Å². The van der Waals surface area contributed by atoms with Crippen molar-refractivity contribution in [3.8, 4) is 0 Å². The molecule has 2 aromatic carbocycles. The lowest BCUT2D eigenvalue weighted by Gasteiger charge is -2.04. The summed E-state index contributed by atoms with van der Waals surface area (Å²) >= 11 is 0. The van der Waals surface area contributed by atoms with E-state index in [0.717, 1.165) is 23.4 Å². The van der Waals surface area contributed by atoms with Crippen molar-refractivity contribution in [1.29, 1.82) is 0 Å². The number of hydrogen-bond acceptors (Lipinski definition) is 4. The Kier molecular flexibility index (Phi) is 10.4. The minimum atomic E-state index is -0.786. The molecule has 2 aliphatic rings. The lowest BCUT2D eigenvalue weighted by Crippen LogP contribution is -2.26. The summed E-state index contributed by atoms with van der Waals surface area (Å²) in [4.78, 5) is 21.7. The van der Waals surface area contributed by atoms with Gasteiger partial charge in [0.05, 0.1) is 6.04 Å². The van der Waals surface area contributed by atoms with Crippen LogP contribution in [0.15, 0.2) is 48.5 Å². The molecule has 2 heterocycles. The Labute approximate surface area is 179 Å². The number of halogens is 1. The number of para-hydroxylation sites is 2. The quantitative estimate of drug-likeness (QED) is 0.683. The van der Waals surface area contributed by atoms with Gasteiger partial charge in [0.2, 0.25) is 0 Å². The van der Waals surface area contributed by atoms with E-state index in [4.69, 9.17) is 5.11 Å². The van der Waals surface area contributed by atoms with Crippen LogP contribution in [0.3, 0.4) is 0 Å². The molecule has 3 N–H and O–H groups in total. The van der Waals surface area contributed by atoms with E-state index in [2.05, 4.69) is 16.7 Å². The third-order valence-corrected chi connectivity index (χ3v) is 4.33. The summed E-state index contributed by atoms with van der Waals surface area (Å²) < 4.78 is 0. The van der Waals surface area contributed by atoms with Crippen LogP contribution in [0.4, 0.5) is 11.4 Å². The Bertz CT molecular complexity index is 674. The van der Waals surface area contributed by atoms with Gasteiger partial charge in [-0.2, -0.15) is 27.0 Å². The largest absolute Gasteiger partial charge is 0.480 e. The Hall–Kier alpha value is -1.83. The van der Waals surface area contributed by atoms with E-state index in [1.54, 1.807) is 6.92 Å². The third-order valence-electron chi connectivity index (χ3n) is 4.33. The molecule has 0 aromatic heterocycles. The van der Waals surface area contributed by atoms with Gasteiger partial charge in [-0.05, 0) is 30.2 Å². The van der Waals surface area contributed by atoms with Crippen molar-refractivity contribution in [1.82, 2.24) is 0 Å². The van der Waals surface area contributed by atoms with Crippen molar-refractivity contribution in [3.63, 3.8) is 0 Å². The van der Waals surface area contributed by atoms with Crippen LogP contribution in [-0.4, -0.2) is 28.9 Å². The fourth-order valence-corrected chi connectivity index (χ4v) is 2.99. The molecule has 0 bridgehead atoms. The van der Waals surface area contributed by atoms with Crippen LogP contribution in [0.5, 0.6) is 0 Å². The van der Waals surface area contributed by atoms with Crippen LogP contribution in [0.25, 0.3) is 0 Å². The van der Waals surface area contributed by atoms with Crippen LogP contribution in [0.2, 0.25) is 0 Å². The molecule has 2 aromatic rings. The highest BCUT2D eigenvalue weighted by Gasteiger charge is 2.25. The molecule has 148 valence electrons. The molecule has 0 fully saturated rings. The number of fused-ring (bicyclic) bond motifs is 2. The van der Waals surface area contributed by atoms with E-state index in [-0.39, 0.29) is 51.2 Å². The first-order valence-corrected chi connectivity index (χ1v) is 7.96. The molecule has 0 unspecified atom stereocenters. The van der Waals surface area contributed by atoms with Crippen LogP contribution >= 0.6 is 39.4 Å². The smallest absolute Gasteiger partial charge is 0.326 e.